The normalized spacial score (nSPS) is 18.3. The fourth-order valence-electron chi connectivity index (χ4n) is 2.66. The Kier molecular flexibility index (Phi) is 4.83. The fourth-order valence-corrected chi connectivity index (χ4v) is 2.66. The van der Waals surface area contributed by atoms with E-state index in [9.17, 15) is 4.79 Å². The average molecular weight is 311 g/mol. The van der Waals surface area contributed by atoms with E-state index < -0.39 is 0 Å². The van der Waals surface area contributed by atoms with Crippen molar-refractivity contribution in [2.75, 3.05) is 36.4 Å². The van der Waals surface area contributed by atoms with Crippen LogP contribution in [-0.4, -0.2) is 42.1 Å². The molecule has 2 N–H and O–H groups in total. The Hall–Kier alpha value is -2.47. The summed E-state index contributed by atoms with van der Waals surface area (Å²) in [5.74, 6) is 1.24. The molecule has 1 atom stereocenters. The van der Waals surface area contributed by atoms with Crippen LogP contribution in [0.4, 0.5) is 11.5 Å². The molecular weight excluding hydrogens is 290 g/mol. The van der Waals surface area contributed by atoms with E-state index in [1.807, 2.05) is 6.07 Å². The molecule has 0 spiro atoms. The maximum absolute atomic E-state index is 12.2. The molecule has 3 rings (SSSR count). The first-order valence-corrected chi connectivity index (χ1v) is 7.86. The van der Waals surface area contributed by atoms with Crippen molar-refractivity contribution in [3.05, 3.63) is 48.4 Å². The van der Waals surface area contributed by atoms with Gasteiger partial charge in [-0.25, -0.2) is 4.98 Å². The van der Waals surface area contributed by atoms with Gasteiger partial charge in [0.2, 0.25) is 0 Å². The van der Waals surface area contributed by atoms with Gasteiger partial charge >= 0.3 is 0 Å². The van der Waals surface area contributed by atoms with Crippen molar-refractivity contribution < 1.29 is 4.79 Å². The number of hydrogen-bond donors (Lipinski definition) is 2. The number of carbonyl (C=O) groups is 1. The summed E-state index contributed by atoms with van der Waals surface area (Å²) in [6, 6.07) is 8.99. The average Bonchev–Trinajstić information content (AvgIpc) is 2.80. The Morgan fingerprint density at radius 2 is 2.22 bits per heavy atom. The maximum atomic E-state index is 12.2. The molecule has 1 unspecified atom stereocenters. The van der Waals surface area contributed by atoms with Crippen molar-refractivity contribution in [1.82, 2.24) is 15.3 Å². The minimum absolute atomic E-state index is 0.214. The largest absolute Gasteiger partial charge is 0.355 e. The lowest BCUT2D eigenvalue weighted by Gasteiger charge is -2.23. The highest BCUT2D eigenvalue weighted by Gasteiger charge is 2.16. The van der Waals surface area contributed by atoms with Crippen molar-refractivity contribution in [3.63, 3.8) is 0 Å². The topological polar surface area (TPSA) is 70.2 Å². The SMILES string of the molecule is CC1CNCCN(c2cc(NC(=O)c3ccccn3)ccn2)C1. The second-order valence-electron chi connectivity index (χ2n) is 5.83. The van der Waals surface area contributed by atoms with Crippen molar-refractivity contribution in [3.8, 4) is 0 Å². The standard InChI is InChI=1S/C17H21N5O/c1-13-11-18-8-9-22(12-13)16-10-14(5-7-20-16)21-17(23)15-4-2-3-6-19-15/h2-7,10,13,18H,8-9,11-12H2,1H3,(H,20,21,23). The van der Waals surface area contributed by atoms with E-state index in [0.29, 0.717) is 11.6 Å². The molecule has 6 heteroatoms. The number of rotatable bonds is 3. The molecule has 2 aromatic rings. The van der Waals surface area contributed by atoms with E-state index in [0.717, 1.165) is 37.7 Å². The lowest BCUT2D eigenvalue weighted by Crippen LogP contribution is -2.30. The van der Waals surface area contributed by atoms with Crippen molar-refractivity contribution >= 4 is 17.4 Å². The molecule has 23 heavy (non-hydrogen) atoms. The van der Waals surface area contributed by atoms with Gasteiger partial charge < -0.3 is 15.5 Å². The quantitative estimate of drug-likeness (QED) is 0.904. The number of pyridine rings is 2. The molecule has 0 aliphatic carbocycles. The van der Waals surface area contributed by atoms with Crippen LogP contribution in [0.5, 0.6) is 0 Å². The Morgan fingerprint density at radius 3 is 3.04 bits per heavy atom. The molecule has 1 aliphatic rings. The second kappa shape index (κ2) is 7.19. The van der Waals surface area contributed by atoms with Crippen LogP contribution in [0.15, 0.2) is 42.7 Å². The number of aromatic nitrogens is 2. The summed E-state index contributed by atoms with van der Waals surface area (Å²) in [6.45, 7) is 6.05. The van der Waals surface area contributed by atoms with Crippen LogP contribution in [-0.2, 0) is 0 Å². The van der Waals surface area contributed by atoms with Gasteiger partial charge in [0.25, 0.3) is 5.91 Å². The minimum atomic E-state index is -0.214. The first kappa shape index (κ1) is 15.4. The van der Waals surface area contributed by atoms with Gasteiger partial charge in [-0.3, -0.25) is 9.78 Å². The van der Waals surface area contributed by atoms with Crippen molar-refractivity contribution in [2.45, 2.75) is 6.92 Å². The molecule has 1 saturated heterocycles. The number of nitrogens with zero attached hydrogens (tertiary/aromatic N) is 3. The molecule has 120 valence electrons. The van der Waals surface area contributed by atoms with Crippen molar-refractivity contribution in [1.29, 1.82) is 0 Å². The molecule has 0 saturated carbocycles. The van der Waals surface area contributed by atoms with Crippen LogP contribution in [0.2, 0.25) is 0 Å². The highest BCUT2D eigenvalue weighted by molar-refractivity contribution is 6.02. The fraction of sp³-hybridized carbons (Fsp3) is 0.353. The summed E-state index contributed by atoms with van der Waals surface area (Å²) >= 11 is 0. The van der Waals surface area contributed by atoms with Gasteiger partial charge in [0.05, 0.1) is 0 Å². The van der Waals surface area contributed by atoms with E-state index in [1.54, 1.807) is 36.7 Å². The predicted molar refractivity (Wildman–Crippen MR) is 90.7 cm³/mol. The molecule has 0 radical (unpaired) electrons. The Labute approximate surface area is 135 Å². The summed E-state index contributed by atoms with van der Waals surface area (Å²) in [4.78, 5) is 23.0. The summed E-state index contributed by atoms with van der Waals surface area (Å²) in [6.07, 6.45) is 3.34. The van der Waals surface area contributed by atoms with Crippen LogP contribution in [0.3, 0.4) is 0 Å². The van der Waals surface area contributed by atoms with Gasteiger partial charge in [0.1, 0.15) is 11.5 Å². The third-order valence-corrected chi connectivity index (χ3v) is 3.81. The third kappa shape index (κ3) is 4.04. The summed E-state index contributed by atoms with van der Waals surface area (Å²) in [5.41, 5.74) is 1.13. The van der Waals surface area contributed by atoms with Crippen LogP contribution in [0.1, 0.15) is 17.4 Å². The van der Waals surface area contributed by atoms with Gasteiger partial charge in [0, 0.05) is 43.8 Å². The van der Waals surface area contributed by atoms with Crippen molar-refractivity contribution in [2.24, 2.45) is 5.92 Å². The van der Waals surface area contributed by atoms with Gasteiger partial charge in [-0.2, -0.15) is 0 Å². The molecule has 0 aromatic carbocycles. The number of hydrogen-bond acceptors (Lipinski definition) is 5. The third-order valence-electron chi connectivity index (χ3n) is 3.81. The lowest BCUT2D eigenvalue weighted by atomic mass is 10.2. The Morgan fingerprint density at radius 1 is 1.30 bits per heavy atom. The van der Waals surface area contributed by atoms with Gasteiger partial charge in [-0.15, -0.1) is 0 Å². The highest BCUT2D eigenvalue weighted by Crippen LogP contribution is 2.18. The first-order chi connectivity index (χ1) is 11.2. The zero-order valence-corrected chi connectivity index (χ0v) is 13.2. The van der Waals surface area contributed by atoms with Gasteiger partial charge in [-0.1, -0.05) is 13.0 Å². The Bertz CT molecular complexity index is 661. The molecule has 2 aromatic heterocycles. The molecule has 3 heterocycles. The molecule has 6 nitrogen and oxygen atoms in total. The molecule has 1 amide bonds. The first-order valence-electron chi connectivity index (χ1n) is 7.86. The van der Waals surface area contributed by atoms with Crippen LogP contribution < -0.4 is 15.5 Å². The molecular formula is C17H21N5O. The number of carbonyl (C=O) groups excluding carboxylic acids is 1. The van der Waals surface area contributed by atoms with Crippen LogP contribution >= 0.6 is 0 Å². The van der Waals surface area contributed by atoms with Gasteiger partial charge in [0.15, 0.2) is 0 Å². The van der Waals surface area contributed by atoms with Crippen LogP contribution in [0.25, 0.3) is 0 Å². The van der Waals surface area contributed by atoms with E-state index in [4.69, 9.17) is 0 Å². The van der Waals surface area contributed by atoms with E-state index in [1.165, 1.54) is 0 Å². The smallest absolute Gasteiger partial charge is 0.274 e. The second-order valence-corrected chi connectivity index (χ2v) is 5.83. The van der Waals surface area contributed by atoms with Crippen LogP contribution in [0, 0.1) is 5.92 Å². The van der Waals surface area contributed by atoms with E-state index >= 15 is 0 Å². The predicted octanol–water partition coefficient (Wildman–Crippen LogP) is 1.77. The highest BCUT2D eigenvalue weighted by atomic mass is 16.1. The Balaban J connectivity index is 1.73. The summed E-state index contributed by atoms with van der Waals surface area (Å²) in [5, 5.41) is 6.30. The van der Waals surface area contributed by atoms with E-state index in [2.05, 4.69) is 32.4 Å². The molecule has 1 aliphatic heterocycles. The lowest BCUT2D eigenvalue weighted by molar-refractivity contribution is 0.102. The minimum Gasteiger partial charge on any atom is -0.355 e. The summed E-state index contributed by atoms with van der Waals surface area (Å²) < 4.78 is 0. The maximum Gasteiger partial charge on any atom is 0.274 e. The zero-order chi connectivity index (χ0) is 16.1. The number of nitrogens with one attached hydrogen (secondary N) is 2. The monoisotopic (exact) mass is 311 g/mol. The zero-order valence-electron chi connectivity index (χ0n) is 13.2. The van der Waals surface area contributed by atoms with Gasteiger partial charge in [-0.05, 0) is 30.7 Å². The number of anilines is 2. The molecule has 0 bridgehead atoms. The van der Waals surface area contributed by atoms with E-state index in [-0.39, 0.29) is 5.91 Å². The number of amides is 1. The summed E-state index contributed by atoms with van der Waals surface area (Å²) in [7, 11) is 0. The molecule has 1 fully saturated rings.